The van der Waals surface area contributed by atoms with Crippen LogP contribution in [-0.2, 0) is 36.2 Å². The lowest BCUT2D eigenvalue weighted by Crippen LogP contribution is -2.52. The number of amides is 8. The average Bonchev–Trinajstić information content (AvgIpc) is 0.954. The molecule has 0 spiro atoms. The number of fused-ring (bicyclic) bond motifs is 1. The number of aromatic nitrogens is 6. The first-order chi connectivity index (χ1) is 61.5. The first kappa shape index (κ1) is 95.3. The van der Waals surface area contributed by atoms with Crippen LogP contribution in [-0.4, -0.2) is 298 Å². The number of piperazine rings is 5. The molecule has 10 N–H and O–H groups in total. The smallest absolute Gasteiger partial charge is 0.369 e. The Morgan fingerprint density at radius 3 is 1.10 bits per heavy atom. The molecule has 0 unspecified atom stereocenters. The number of alkyl halides is 3. The molecule has 0 radical (unpaired) electrons. The molecular formula is C83H93F3N22O17S3. The summed E-state index contributed by atoms with van der Waals surface area (Å²) < 4.78 is 87.3. The van der Waals surface area contributed by atoms with Crippen LogP contribution < -0.4 is 51.9 Å². The molecule has 8 amide bonds. The van der Waals surface area contributed by atoms with E-state index >= 15 is 0 Å². The highest BCUT2D eigenvalue weighted by Crippen LogP contribution is 2.31. The fourth-order valence-corrected chi connectivity index (χ4v) is 16.8. The van der Waals surface area contributed by atoms with Crippen molar-refractivity contribution in [3.8, 4) is 0 Å². The van der Waals surface area contributed by atoms with Crippen molar-refractivity contribution in [2.24, 2.45) is 0 Å². The van der Waals surface area contributed by atoms with Gasteiger partial charge in [-0.15, -0.1) is 11.3 Å². The van der Waals surface area contributed by atoms with Crippen LogP contribution in [0.15, 0.2) is 206 Å². The number of carbonyl (C=O) groups excluding carboxylic acids is 8. The lowest BCUT2D eigenvalue weighted by molar-refractivity contribution is -0.132. The van der Waals surface area contributed by atoms with Crippen molar-refractivity contribution >= 4 is 119 Å². The first-order valence-corrected chi connectivity index (χ1v) is 43.6. The molecule has 15 rings (SSSR count). The van der Waals surface area contributed by atoms with Crippen molar-refractivity contribution < 1.29 is 94.4 Å². The second-order valence-corrected chi connectivity index (χ2v) is 34.3. The number of rotatable bonds is 19. The molecule has 128 heavy (non-hydrogen) atoms. The fourth-order valence-electron chi connectivity index (χ4n) is 14.0. The largest absolute Gasteiger partial charge is 0.511 e. The molecule has 39 nitrogen and oxygen atoms in total. The molecule has 0 aliphatic carbocycles. The summed E-state index contributed by atoms with van der Waals surface area (Å²) in [5.41, 5.74) is 7.72. The maximum absolute atomic E-state index is 13.5. The normalized spacial score (nSPS) is 15.2. The number of hydrogen-bond donors (Lipinski definition) is 10. The minimum atomic E-state index is -5.30. The van der Waals surface area contributed by atoms with E-state index in [-0.39, 0.29) is 72.1 Å². The van der Waals surface area contributed by atoms with Crippen LogP contribution in [0.4, 0.5) is 42.4 Å². The second kappa shape index (κ2) is 44.7. The minimum absolute atomic E-state index is 0.0151. The van der Waals surface area contributed by atoms with Crippen molar-refractivity contribution in [2.45, 2.75) is 17.8 Å². The minimum Gasteiger partial charge on any atom is -0.369 e. The van der Waals surface area contributed by atoms with Gasteiger partial charge in [-0.2, -0.15) is 34.5 Å². The topological polar surface area (TPSA) is 479 Å². The van der Waals surface area contributed by atoms with Crippen LogP contribution in [0.5, 0.6) is 0 Å². The summed E-state index contributed by atoms with van der Waals surface area (Å²) in [4.78, 5) is 136. The zero-order chi connectivity index (χ0) is 91.7. The van der Waals surface area contributed by atoms with Gasteiger partial charge in [0.05, 0.1) is 29.0 Å². The maximum Gasteiger partial charge on any atom is 0.511 e. The molecule has 676 valence electrons. The lowest BCUT2D eigenvalue weighted by Gasteiger charge is -2.36. The molecule has 45 heteroatoms. The van der Waals surface area contributed by atoms with E-state index in [2.05, 4.69) is 34.8 Å². The van der Waals surface area contributed by atoms with Crippen LogP contribution >= 0.6 is 11.3 Å². The quantitative estimate of drug-likeness (QED) is 0.0382. The van der Waals surface area contributed by atoms with Gasteiger partial charge in [0.25, 0.3) is 45.7 Å². The average molecular weight is 1820 g/mol. The SMILES string of the molecule is CN(C)S(=O)(=O)N1CCN(c2ccc(C(=O)NO)cc2)CC1.O=C(NO)c1ccc(N2CCN(S(=O)(=O)C(F)(F)F)CC2)cc1.O=C(NO)c1cnc(N2CCN(C(=O)C(c3ccccc3)c3ccccc3)CC2)nc1.O=C(NO)c1cnc(N2CCN(C(=O)Cc3cccs3)CC2)nc1.O=C(NO)c1cnc(N2CCN(C(=O)c3ccc4ccccc4c3)CC2)nc1. The van der Waals surface area contributed by atoms with Gasteiger partial charge >= 0.3 is 15.5 Å². The fraction of sp³-hybridized carbons (Fsp3) is 0.301. The van der Waals surface area contributed by atoms with Gasteiger partial charge in [-0.25, -0.2) is 65.7 Å². The molecule has 0 saturated carbocycles. The molecular weight excluding hydrogens is 1730 g/mol. The molecule has 0 bridgehead atoms. The lowest BCUT2D eigenvalue weighted by atomic mass is 9.90. The maximum atomic E-state index is 13.5. The van der Waals surface area contributed by atoms with Crippen LogP contribution in [0.2, 0.25) is 0 Å². The molecule has 5 saturated heterocycles. The molecule has 5 aliphatic rings. The number of thiophene rings is 1. The van der Waals surface area contributed by atoms with Crippen LogP contribution in [0.25, 0.3) is 10.8 Å². The zero-order valence-corrected chi connectivity index (χ0v) is 71.6. The number of carbonyl (C=O) groups is 8. The third-order valence-electron chi connectivity index (χ3n) is 21.1. The standard InChI is InChI=1S/C23H23N5O3.C20H19N5O3.C15H17N5O3S.C13H20N4O4S.C12H14F3N3O4S/c29-21(26-31)19-15-24-23(25-16-19)28-13-11-27(12-14-28)22(30)20(17-7-3-1-4-8-17)18-9-5-2-6-10-18;26-18(23-28)17-12-21-20(22-13-17)25-9-7-24(8-10-25)19(27)16-6-5-14-3-1-2-4-15(14)11-16;21-13(8-12-2-1-7-24-12)19-3-5-20(6-4-19)15-16-9-11(10-17-15)14(22)18-23;1-15(2)22(20,21)17-9-7-16(8-10-17)12-5-3-11(4-6-12)13(18)14-19;13-12(14,15)23(21,22)18-7-5-17(6-8-18)10-3-1-9(2-4-10)11(19)16-20/h1-10,15-16,20,31H,11-14H2,(H,26,29);1-6,11-13,28H,7-10H2,(H,23,26);1-2,7,9-10,23H,3-6,8H2,(H,18,22);3-6,19H,7-10H2,1-2H3,(H,14,18);1-4,20H,5-8H2,(H,16,19). The predicted octanol–water partition coefficient (Wildman–Crippen LogP) is 4.85. The van der Waals surface area contributed by atoms with Gasteiger partial charge in [0, 0.05) is 215 Å². The van der Waals surface area contributed by atoms with Crippen molar-refractivity contribution in [2.75, 3.05) is 169 Å². The van der Waals surface area contributed by atoms with Gasteiger partial charge < -0.3 is 39.2 Å². The van der Waals surface area contributed by atoms with E-state index in [0.717, 1.165) is 32.5 Å². The van der Waals surface area contributed by atoms with Gasteiger partial charge in [-0.3, -0.25) is 64.4 Å². The van der Waals surface area contributed by atoms with E-state index < -0.39 is 55.3 Å². The Kier molecular flexibility index (Phi) is 33.3. The van der Waals surface area contributed by atoms with Gasteiger partial charge in [0.2, 0.25) is 29.7 Å². The molecule has 10 aromatic rings. The highest BCUT2D eigenvalue weighted by Gasteiger charge is 2.50. The molecule has 9 heterocycles. The second-order valence-electron chi connectivity index (χ2n) is 29.2. The van der Waals surface area contributed by atoms with Crippen molar-refractivity contribution in [1.29, 1.82) is 0 Å². The van der Waals surface area contributed by atoms with Gasteiger partial charge in [0.15, 0.2) is 0 Å². The van der Waals surface area contributed by atoms with E-state index in [1.54, 1.807) is 74.6 Å². The van der Waals surface area contributed by atoms with E-state index in [4.69, 9.17) is 26.0 Å². The summed E-state index contributed by atoms with van der Waals surface area (Å²) in [6.45, 7) is 8.77. The van der Waals surface area contributed by atoms with E-state index in [9.17, 15) is 68.4 Å². The highest BCUT2D eigenvalue weighted by atomic mass is 32.2. The number of hydrogen-bond acceptors (Lipinski definition) is 29. The van der Waals surface area contributed by atoms with Crippen molar-refractivity contribution in [1.82, 2.24) is 84.9 Å². The summed E-state index contributed by atoms with van der Waals surface area (Å²) in [6.07, 6.45) is 8.63. The van der Waals surface area contributed by atoms with Gasteiger partial charge in [0.1, 0.15) is 0 Å². The third kappa shape index (κ3) is 24.7. The summed E-state index contributed by atoms with van der Waals surface area (Å²) in [6, 6.07) is 50.1. The number of halogens is 3. The van der Waals surface area contributed by atoms with Crippen LogP contribution in [0, 0.1) is 0 Å². The highest BCUT2D eigenvalue weighted by molar-refractivity contribution is 7.90. The Bertz CT molecular complexity index is 5590. The molecule has 5 aliphatic heterocycles. The number of sulfonamides is 1. The van der Waals surface area contributed by atoms with E-state index in [1.807, 2.05) is 150 Å². The monoisotopic (exact) mass is 1820 g/mol. The van der Waals surface area contributed by atoms with E-state index in [1.165, 1.54) is 77.5 Å². The summed E-state index contributed by atoms with van der Waals surface area (Å²) >= 11 is 1.59. The summed E-state index contributed by atoms with van der Waals surface area (Å²) in [7, 11) is -5.63. The molecule has 6 aromatic carbocycles. The Morgan fingerprint density at radius 1 is 0.391 bits per heavy atom. The van der Waals surface area contributed by atoms with Gasteiger partial charge in [-0.05, 0) is 94.0 Å². The van der Waals surface area contributed by atoms with Crippen LogP contribution in [0.1, 0.15) is 84.1 Å². The Hall–Kier alpha value is -13.4. The number of hydroxylamine groups is 5. The Morgan fingerprint density at radius 2 is 0.734 bits per heavy atom. The third-order valence-corrected chi connectivity index (χ3v) is 25.6. The number of benzene rings is 6. The Balaban J connectivity index is 0.000000156. The number of anilines is 5. The first-order valence-electron chi connectivity index (χ1n) is 39.9. The number of nitrogens with one attached hydrogen (secondary N) is 5. The Labute approximate surface area is 737 Å². The molecule has 0 atom stereocenters. The van der Waals surface area contributed by atoms with Gasteiger partial charge in [-0.1, -0.05) is 97.1 Å². The van der Waals surface area contributed by atoms with Crippen molar-refractivity contribution in [3.05, 3.63) is 256 Å². The molecule has 5 fully saturated rings. The number of nitrogens with zero attached hydrogens (tertiary/aromatic N) is 17. The predicted molar refractivity (Wildman–Crippen MR) is 463 cm³/mol. The summed E-state index contributed by atoms with van der Waals surface area (Å²) in [5.74, 6) is -1.83. The van der Waals surface area contributed by atoms with E-state index in [0.29, 0.717) is 150 Å². The van der Waals surface area contributed by atoms with Crippen molar-refractivity contribution in [3.63, 3.8) is 0 Å². The van der Waals surface area contributed by atoms with Crippen LogP contribution in [0.3, 0.4) is 0 Å². The zero-order valence-electron chi connectivity index (χ0n) is 69.2. The molecule has 4 aromatic heterocycles. The summed E-state index contributed by atoms with van der Waals surface area (Å²) in [5, 5.41) is 47.1.